The first-order chi connectivity index (χ1) is 10.2. The van der Waals surface area contributed by atoms with Crippen LogP contribution in [-0.2, 0) is 14.3 Å². The third-order valence-electron chi connectivity index (χ3n) is 2.33. The zero-order valence-corrected chi connectivity index (χ0v) is 14.3. The van der Waals surface area contributed by atoms with Gasteiger partial charge in [0.1, 0.15) is 10.7 Å². The van der Waals surface area contributed by atoms with Crippen LogP contribution in [0.25, 0.3) is 11.1 Å². The summed E-state index contributed by atoms with van der Waals surface area (Å²) in [6.07, 6.45) is 0. The Hall–Kier alpha value is -1.46. The van der Waals surface area contributed by atoms with Gasteiger partial charge in [0.2, 0.25) is 0 Å². The highest BCUT2D eigenvalue weighted by molar-refractivity contribution is 9.09. The second kappa shape index (κ2) is 10.3. The van der Waals surface area contributed by atoms with E-state index in [0.717, 1.165) is 0 Å². The number of halogens is 2. The van der Waals surface area contributed by atoms with Gasteiger partial charge in [0.15, 0.2) is 0 Å². The number of alkyl halides is 2. The van der Waals surface area contributed by atoms with Gasteiger partial charge in [-0.05, 0) is 11.1 Å². The Morgan fingerprint density at radius 2 is 1.05 bits per heavy atom. The molecule has 0 aromatic heterocycles. The molecule has 0 spiro atoms. The Kier molecular flexibility index (Phi) is 8.62. The topological polar surface area (TPSA) is 43.4 Å². The molecule has 2 aromatic rings. The van der Waals surface area contributed by atoms with Crippen LogP contribution in [0.3, 0.4) is 0 Å². The Balaban J connectivity index is 0.000000222. The monoisotopic (exact) mass is 412 g/mol. The van der Waals surface area contributed by atoms with Crippen LogP contribution in [0.2, 0.25) is 0 Å². The maximum absolute atomic E-state index is 10.3. The largest absolute Gasteiger partial charge is 0.392 e. The van der Waals surface area contributed by atoms with Crippen LogP contribution in [0, 0.1) is 0 Å². The van der Waals surface area contributed by atoms with E-state index in [0.29, 0.717) is 0 Å². The van der Waals surface area contributed by atoms with Gasteiger partial charge in [0.05, 0.1) is 0 Å². The summed E-state index contributed by atoms with van der Waals surface area (Å²) in [4.78, 5) is 20.5. The van der Waals surface area contributed by atoms with E-state index in [1.807, 2.05) is 12.1 Å². The Morgan fingerprint density at radius 1 is 0.714 bits per heavy atom. The zero-order valence-electron chi connectivity index (χ0n) is 11.2. The van der Waals surface area contributed by atoms with Crippen molar-refractivity contribution in [3.63, 3.8) is 0 Å². The second-order valence-corrected chi connectivity index (χ2v) is 4.97. The van der Waals surface area contributed by atoms with E-state index in [4.69, 9.17) is 0 Å². The van der Waals surface area contributed by atoms with E-state index < -0.39 is 11.9 Å². The summed E-state index contributed by atoms with van der Waals surface area (Å²) >= 11 is 5.66. The maximum Gasteiger partial charge on any atom is 0.324 e. The quantitative estimate of drug-likeness (QED) is 0.430. The second-order valence-electron chi connectivity index (χ2n) is 3.85. The molecule has 0 unspecified atom stereocenters. The summed E-state index contributed by atoms with van der Waals surface area (Å²) in [6.45, 7) is 0. The van der Waals surface area contributed by atoms with Gasteiger partial charge in [-0.15, -0.1) is 0 Å². The fraction of sp³-hybridized carbons (Fsp3) is 0.125. The maximum atomic E-state index is 10.3. The molecular formula is C16H14Br2O3. The molecule has 0 fully saturated rings. The van der Waals surface area contributed by atoms with Gasteiger partial charge in [-0.3, -0.25) is 9.59 Å². The highest BCUT2D eigenvalue weighted by Gasteiger charge is 2.05. The fourth-order valence-electron chi connectivity index (χ4n) is 1.44. The van der Waals surface area contributed by atoms with Crippen molar-refractivity contribution in [3.05, 3.63) is 60.7 Å². The summed E-state index contributed by atoms with van der Waals surface area (Å²) < 4.78 is 4.18. The zero-order chi connectivity index (χ0) is 15.5. The van der Waals surface area contributed by atoms with Crippen molar-refractivity contribution in [2.45, 2.75) is 0 Å². The first-order valence-corrected chi connectivity index (χ1v) is 8.37. The number of esters is 2. The average Bonchev–Trinajstić information content (AvgIpc) is 2.56. The minimum Gasteiger partial charge on any atom is -0.392 e. The number of ether oxygens (including phenoxy) is 1. The lowest BCUT2D eigenvalue weighted by Crippen LogP contribution is -2.13. The van der Waals surface area contributed by atoms with Gasteiger partial charge in [-0.2, -0.15) is 0 Å². The minimum atomic E-state index is -0.570. The molecule has 0 radical (unpaired) electrons. The van der Waals surface area contributed by atoms with E-state index in [1.54, 1.807) is 0 Å². The Morgan fingerprint density at radius 3 is 1.33 bits per heavy atom. The number of benzene rings is 2. The number of hydrogen-bond donors (Lipinski definition) is 0. The third-order valence-corrected chi connectivity index (χ3v) is 3.24. The van der Waals surface area contributed by atoms with Gasteiger partial charge in [0.25, 0.3) is 0 Å². The lowest BCUT2D eigenvalue weighted by atomic mass is 10.1. The molecule has 0 heterocycles. The molecule has 0 N–H and O–H groups in total. The Bertz CT molecular complexity index is 505. The molecule has 0 aliphatic heterocycles. The van der Waals surface area contributed by atoms with Crippen LogP contribution >= 0.6 is 31.9 Å². The molecule has 0 aliphatic rings. The van der Waals surface area contributed by atoms with Gasteiger partial charge >= 0.3 is 11.9 Å². The summed E-state index contributed by atoms with van der Waals surface area (Å²) in [6, 6.07) is 20.8. The lowest BCUT2D eigenvalue weighted by Gasteiger charge is -1.98. The van der Waals surface area contributed by atoms with Crippen molar-refractivity contribution in [1.82, 2.24) is 0 Å². The molecule has 110 valence electrons. The summed E-state index contributed by atoms with van der Waals surface area (Å²) in [5.74, 6) is -1.14. The highest BCUT2D eigenvalue weighted by Crippen LogP contribution is 2.17. The van der Waals surface area contributed by atoms with Crippen molar-refractivity contribution < 1.29 is 14.3 Å². The van der Waals surface area contributed by atoms with Crippen molar-refractivity contribution in [1.29, 1.82) is 0 Å². The highest BCUT2D eigenvalue weighted by atomic mass is 79.9. The average molecular weight is 414 g/mol. The molecule has 3 nitrogen and oxygen atoms in total. The van der Waals surface area contributed by atoms with Crippen LogP contribution < -0.4 is 0 Å². The first-order valence-electron chi connectivity index (χ1n) is 6.13. The van der Waals surface area contributed by atoms with Crippen LogP contribution in [0.4, 0.5) is 0 Å². The number of carbonyl (C=O) groups is 2. The molecule has 0 atom stereocenters. The molecule has 21 heavy (non-hydrogen) atoms. The van der Waals surface area contributed by atoms with Crippen molar-refractivity contribution >= 4 is 43.8 Å². The Labute approximate surface area is 140 Å². The van der Waals surface area contributed by atoms with E-state index >= 15 is 0 Å². The number of hydrogen-bond acceptors (Lipinski definition) is 3. The van der Waals surface area contributed by atoms with Crippen LogP contribution in [0.15, 0.2) is 60.7 Å². The van der Waals surface area contributed by atoms with E-state index in [2.05, 4.69) is 85.1 Å². The van der Waals surface area contributed by atoms with E-state index in [9.17, 15) is 9.59 Å². The third kappa shape index (κ3) is 7.20. The van der Waals surface area contributed by atoms with Crippen LogP contribution in [-0.4, -0.2) is 22.6 Å². The molecule has 2 aromatic carbocycles. The summed E-state index contributed by atoms with van der Waals surface area (Å²) in [5.41, 5.74) is 2.55. The molecular weight excluding hydrogens is 400 g/mol. The smallest absolute Gasteiger partial charge is 0.324 e. The van der Waals surface area contributed by atoms with Crippen LogP contribution in [0.5, 0.6) is 0 Å². The molecule has 0 saturated heterocycles. The van der Waals surface area contributed by atoms with Gasteiger partial charge in [0, 0.05) is 0 Å². The summed E-state index contributed by atoms with van der Waals surface area (Å²) in [7, 11) is 0. The van der Waals surface area contributed by atoms with Gasteiger partial charge in [-0.25, -0.2) is 0 Å². The van der Waals surface area contributed by atoms with Crippen molar-refractivity contribution in [3.8, 4) is 11.1 Å². The number of rotatable bonds is 3. The van der Waals surface area contributed by atoms with Gasteiger partial charge in [-0.1, -0.05) is 92.5 Å². The molecule has 0 saturated carbocycles. The first kappa shape index (κ1) is 17.6. The molecule has 0 amide bonds. The predicted molar refractivity (Wildman–Crippen MR) is 90.6 cm³/mol. The predicted octanol–water partition coefficient (Wildman–Crippen LogP) is 4.20. The SMILES string of the molecule is O=C(CBr)OC(=O)CBr.c1ccc(-c2ccccc2)cc1. The molecule has 0 bridgehead atoms. The van der Waals surface area contributed by atoms with Crippen molar-refractivity contribution in [2.24, 2.45) is 0 Å². The van der Waals surface area contributed by atoms with E-state index in [1.165, 1.54) is 11.1 Å². The van der Waals surface area contributed by atoms with E-state index in [-0.39, 0.29) is 10.7 Å². The molecule has 2 rings (SSSR count). The number of carbonyl (C=O) groups excluding carboxylic acids is 2. The normalized spacial score (nSPS) is 9.24. The standard InChI is InChI=1S/C12H10.C4H4Br2O3/c1-3-7-11(8-4-1)12-9-5-2-6-10-12;5-1-3(7)9-4(8)2-6/h1-10H;1-2H2. The fourth-order valence-corrected chi connectivity index (χ4v) is 1.67. The molecule has 5 heteroatoms. The van der Waals surface area contributed by atoms with Crippen molar-refractivity contribution in [2.75, 3.05) is 10.7 Å². The summed E-state index contributed by atoms with van der Waals surface area (Å²) in [5, 5.41) is 0.0947. The van der Waals surface area contributed by atoms with Gasteiger partial charge < -0.3 is 4.74 Å². The molecule has 0 aliphatic carbocycles. The van der Waals surface area contributed by atoms with Crippen LogP contribution in [0.1, 0.15) is 0 Å². The lowest BCUT2D eigenvalue weighted by molar-refractivity contribution is -0.155. The minimum absolute atomic E-state index is 0.0474.